The molecule has 3 aromatic rings. The number of amides is 1. The van der Waals surface area contributed by atoms with Crippen molar-refractivity contribution in [2.45, 2.75) is 6.92 Å². The van der Waals surface area contributed by atoms with Gasteiger partial charge in [-0.1, -0.05) is 15.9 Å². The summed E-state index contributed by atoms with van der Waals surface area (Å²) < 4.78 is 1.97. The highest BCUT2D eigenvalue weighted by Crippen LogP contribution is 2.20. The first-order chi connectivity index (χ1) is 12.0. The number of carbonyl (C=O) groups excluding carboxylic acids is 1. The predicted molar refractivity (Wildman–Crippen MR) is 105 cm³/mol. The minimum absolute atomic E-state index is 0.203. The summed E-state index contributed by atoms with van der Waals surface area (Å²) in [6, 6.07) is 11.4. The van der Waals surface area contributed by atoms with Crippen LogP contribution in [0.15, 0.2) is 49.8 Å². The van der Waals surface area contributed by atoms with Crippen LogP contribution in [0.25, 0.3) is 0 Å². The highest BCUT2D eigenvalue weighted by atomic mass is 79.9. The first-order valence-electron chi connectivity index (χ1n) is 7.06. The van der Waals surface area contributed by atoms with Gasteiger partial charge in [-0.25, -0.2) is 5.43 Å². The van der Waals surface area contributed by atoms with Crippen LogP contribution in [0.3, 0.4) is 0 Å². The molecule has 7 nitrogen and oxygen atoms in total. The lowest BCUT2D eigenvalue weighted by Gasteiger charge is -2.07. The molecule has 0 saturated heterocycles. The number of rotatable bonds is 5. The fourth-order valence-corrected chi connectivity index (χ4v) is 3.46. The second-order valence-electron chi connectivity index (χ2n) is 4.89. The van der Waals surface area contributed by atoms with Crippen molar-refractivity contribution in [3.05, 3.63) is 60.9 Å². The maximum atomic E-state index is 12.2. The standard InChI is InChI=1S/C15H12Br2N6OS/c1-9-14(15(24)20-18-8-12-6-7-13(17)25-12)19-22-23(9)21-11-4-2-10(16)3-5-11/h2-8,21H,1H3,(H,20,24)/b18-8+. The van der Waals surface area contributed by atoms with E-state index in [0.29, 0.717) is 5.69 Å². The molecule has 2 heterocycles. The maximum absolute atomic E-state index is 12.2. The summed E-state index contributed by atoms with van der Waals surface area (Å²) in [4.78, 5) is 14.6. The van der Waals surface area contributed by atoms with Crippen LogP contribution < -0.4 is 10.9 Å². The van der Waals surface area contributed by atoms with Gasteiger partial charge in [-0.2, -0.15) is 9.89 Å². The predicted octanol–water partition coefficient (Wildman–Crippen LogP) is 3.81. The molecule has 0 radical (unpaired) electrons. The molecule has 2 aromatic heterocycles. The monoisotopic (exact) mass is 482 g/mol. The van der Waals surface area contributed by atoms with Gasteiger partial charge in [0.2, 0.25) is 0 Å². The molecule has 0 spiro atoms. The van der Waals surface area contributed by atoms with Crippen molar-refractivity contribution in [2.24, 2.45) is 5.10 Å². The van der Waals surface area contributed by atoms with E-state index in [4.69, 9.17) is 0 Å². The van der Waals surface area contributed by atoms with E-state index >= 15 is 0 Å². The Morgan fingerprint density at radius 1 is 1.24 bits per heavy atom. The number of nitrogens with zero attached hydrogens (tertiary/aromatic N) is 4. The number of halogens is 2. The molecule has 1 aromatic carbocycles. The van der Waals surface area contributed by atoms with Gasteiger partial charge in [0.25, 0.3) is 5.91 Å². The van der Waals surface area contributed by atoms with Crippen LogP contribution in [0.4, 0.5) is 5.69 Å². The Morgan fingerprint density at radius 3 is 2.68 bits per heavy atom. The van der Waals surface area contributed by atoms with Gasteiger partial charge < -0.3 is 0 Å². The third-order valence-corrected chi connectivity index (χ3v) is 5.23. The smallest absolute Gasteiger partial charge is 0.277 e. The van der Waals surface area contributed by atoms with Crippen molar-refractivity contribution in [1.29, 1.82) is 0 Å². The number of hydrogen-bond acceptors (Lipinski definition) is 6. The second kappa shape index (κ2) is 7.89. The highest BCUT2D eigenvalue weighted by Gasteiger charge is 2.16. The number of hydrazone groups is 1. The van der Waals surface area contributed by atoms with Crippen LogP contribution in [0, 0.1) is 6.92 Å². The number of benzene rings is 1. The molecular formula is C15H12Br2N6OS. The number of nitrogens with one attached hydrogen (secondary N) is 2. The van der Waals surface area contributed by atoms with Crippen molar-refractivity contribution in [2.75, 3.05) is 5.43 Å². The summed E-state index contributed by atoms with van der Waals surface area (Å²) in [7, 11) is 0. The quantitative estimate of drug-likeness (QED) is 0.427. The average molecular weight is 484 g/mol. The minimum atomic E-state index is -0.423. The van der Waals surface area contributed by atoms with Crippen LogP contribution >= 0.6 is 43.2 Å². The molecule has 0 aliphatic rings. The van der Waals surface area contributed by atoms with Crippen molar-refractivity contribution >= 4 is 61.0 Å². The number of thiophene rings is 1. The van der Waals surface area contributed by atoms with Gasteiger partial charge in [-0.05, 0) is 64.5 Å². The first kappa shape index (κ1) is 17.8. The van der Waals surface area contributed by atoms with Gasteiger partial charge in [0.1, 0.15) is 0 Å². The number of anilines is 1. The lowest BCUT2D eigenvalue weighted by Crippen LogP contribution is -2.20. The zero-order valence-corrected chi connectivity index (χ0v) is 16.9. The summed E-state index contributed by atoms with van der Waals surface area (Å²) in [6.45, 7) is 1.75. The Bertz CT molecular complexity index is 919. The van der Waals surface area contributed by atoms with Crippen LogP contribution in [-0.2, 0) is 0 Å². The molecule has 0 unspecified atom stereocenters. The van der Waals surface area contributed by atoms with Crippen molar-refractivity contribution in [1.82, 2.24) is 20.5 Å². The van der Waals surface area contributed by atoms with Crippen molar-refractivity contribution < 1.29 is 4.79 Å². The molecular weight excluding hydrogens is 472 g/mol. The Hall–Kier alpha value is -2.04. The fourth-order valence-electron chi connectivity index (χ4n) is 1.90. The highest BCUT2D eigenvalue weighted by molar-refractivity contribution is 9.11. The third-order valence-electron chi connectivity index (χ3n) is 3.14. The molecule has 2 N–H and O–H groups in total. The van der Waals surface area contributed by atoms with Crippen LogP contribution in [0.5, 0.6) is 0 Å². The number of hydrogen-bond donors (Lipinski definition) is 2. The van der Waals surface area contributed by atoms with E-state index in [1.54, 1.807) is 13.1 Å². The summed E-state index contributed by atoms with van der Waals surface area (Å²) in [5.41, 5.74) is 7.12. The van der Waals surface area contributed by atoms with Gasteiger partial charge in [0, 0.05) is 9.35 Å². The Labute approximate surface area is 164 Å². The van der Waals surface area contributed by atoms with Gasteiger partial charge in [-0.15, -0.1) is 16.4 Å². The normalized spacial score (nSPS) is 11.0. The van der Waals surface area contributed by atoms with E-state index < -0.39 is 5.91 Å². The molecule has 128 valence electrons. The maximum Gasteiger partial charge on any atom is 0.293 e. The molecule has 0 bridgehead atoms. The van der Waals surface area contributed by atoms with Gasteiger partial charge in [-0.3, -0.25) is 10.2 Å². The van der Waals surface area contributed by atoms with E-state index in [-0.39, 0.29) is 5.69 Å². The Kier molecular flexibility index (Phi) is 5.61. The van der Waals surface area contributed by atoms with Crippen LogP contribution in [-0.4, -0.2) is 27.2 Å². The Balaban J connectivity index is 1.66. The lowest BCUT2D eigenvalue weighted by atomic mass is 10.3. The number of aromatic nitrogens is 3. The van der Waals surface area contributed by atoms with Crippen LogP contribution in [0.2, 0.25) is 0 Å². The van der Waals surface area contributed by atoms with Gasteiger partial charge in [0.05, 0.1) is 21.4 Å². The average Bonchev–Trinajstić information content (AvgIpc) is 3.16. The van der Waals surface area contributed by atoms with E-state index in [2.05, 4.69) is 58.1 Å². The second-order valence-corrected chi connectivity index (χ2v) is 8.31. The van der Waals surface area contributed by atoms with Crippen molar-refractivity contribution in [3.63, 3.8) is 0 Å². The molecule has 0 aliphatic carbocycles. The molecule has 0 atom stereocenters. The minimum Gasteiger partial charge on any atom is -0.277 e. The molecule has 1 amide bonds. The molecule has 3 rings (SSSR count). The summed E-state index contributed by atoms with van der Waals surface area (Å²) in [5.74, 6) is -0.423. The largest absolute Gasteiger partial charge is 0.293 e. The molecule has 10 heteroatoms. The van der Waals surface area contributed by atoms with E-state index in [1.807, 2.05) is 36.4 Å². The Morgan fingerprint density at radius 2 is 2.00 bits per heavy atom. The van der Waals surface area contributed by atoms with Crippen molar-refractivity contribution in [3.8, 4) is 0 Å². The van der Waals surface area contributed by atoms with Gasteiger partial charge in [0.15, 0.2) is 5.69 Å². The SMILES string of the molecule is Cc1c(C(=O)N/N=C/c2ccc(Br)s2)nnn1Nc1ccc(Br)cc1. The lowest BCUT2D eigenvalue weighted by molar-refractivity contribution is 0.0949. The summed E-state index contributed by atoms with van der Waals surface area (Å²) in [6.07, 6.45) is 1.58. The van der Waals surface area contributed by atoms with E-state index in [0.717, 1.165) is 18.8 Å². The first-order valence-corrected chi connectivity index (χ1v) is 9.47. The van der Waals surface area contributed by atoms with E-state index in [1.165, 1.54) is 16.1 Å². The molecule has 25 heavy (non-hydrogen) atoms. The topological polar surface area (TPSA) is 84.2 Å². The third kappa shape index (κ3) is 4.53. The molecule has 0 fully saturated rings. The fraction of sp³-hybridized carbons (Fsp3) is 0.0667. The van der Waals surface area contributed by atoms with Gasteiger partial charge >= 0.3 is 0 Å². The van der Waals surface area contributed by atoms with E-state index in [9.17, 15) is 4.79 Å². The number of carbonyl (C=O) groups is 1. The molecule has 0 saturated carbocycles. The molecule has 0 aliphatic heterocycles. The zero-order valence-electron chi connectivity index (χ0n) is 12.9. The summed E-state index contributed by atoms with van der Waals surface area (Å²) in [5, 5.41) is 11.8. The van der Waals surface area contributed by atoms with Crippen LogP contribution in [0.1, 0.15) is 21.1 Å². The summed E-state index contributed by atoms with van der Waals surface area (Å²) >= 11 is 8.27. The zero-order chi connectivity index (χ0) is 17.8.